The first-order chi connectivity index (χ1) is 11.3. The molecule has 0 aliphatic carbocycles. The molecule has 0 spiro atoms. The molecule has 1 aliphatic heterocycles. The number of imidazole rings is 1. The van der Waals surface area contributed by atoms with Gasteiger partial charge in [0.25, 0.3) is 0 Å². The highest BCUT2D eigenvalue weighted by atomic mass is 35.5. The molecule has 0 atom stereocenters. The lowest BCUT2D eigenvalue weighted by molar-refractivity contribution is 1.27. The van der Waals surface area contributed by atoms with Gasteiger partial charge in [0.05, 0.1) is 16.1 Å². The van der Waals surface area contributed by atoms with Crippen molar-refractivity contribution in [3.63, 3.8) is 0 Å². The molecule has 3 aromatic rings. The molecular weight excluding hydrogens is 308 g/mol. The minimum Gasteiger partial charge on any atom is -0.338 e. The van der Waals surface area contributed by atoms with Gasteiger partial charge in [-0.15, -0.1) is 0 Å². The monoisotopic (exact) mass is 320 g/mol. The van der Waals surface area contributed by atoms with Gasteiger partial charge in [0.1, 0.15) is 5.82 Å². The molecule has 0 radical (unpaired) electrons. The molecule has 112 valence electrons. The average molecular weight is 321 g/mol. The molecule has 4 nitrogen and oxygen atoms in total. The summed E-state index contributed by atoms with van der Waals surface area (Å²) in [5.74, 6) is 0.761. The molecule has 0 saturated carbocycles. The fourth-order valence-corrected chi connectivity index (χ4v) is 2.71. The molecule has 5 heteroatoms. The molecule has 1 N–H and O–H groups in total. The maximum absolute atomic E-state index is 6.39. The Morgan fingerprint density at radius 2 is 1.96 bits per heavy atom. The summed E-state index contributed by atoms with van der Waals surface area (Å²) >= 11 is 6.39. The SMILES string of the molecule is Clc1ccc(N2C=CC=NC=C2)cc1-c1nc2ccccc2[nH]1. The number of para-hydroxylation sites is 2. The van der Waals surface area contributed by atoms with E-state index in [9.17, 15) is 0 Å². The van der Waals surface area contributed by atoms with Crippen LogP contribution in [-0.2, 0) is 0 Å². The molecule has 2 aromatic carbocycles. The Bertz CT molecular complexity index is 904. The van der Waals surface area contributed by atoms with Crippen molar-refractivity contribution in [1.82, 2.24) is 9.97 Å². The predicted octanol–water partition coefficient (Wildman–Crippen LogP) is 4.76. The first kappa shape index (κ1) is 13.8. The van der Waals surface area contributed by atoms with E-state index in [1.807, 2.05) is 65.8 Å². The van der Waals surface area contributed by atoms with Gasteiger partial charge in [-0.3, -0.25) is 4.99 Å². The van der Waals surface area contributed by atoms with Gasteiger partial charge in [-0.2, -0.15) is 0 Å². The summed E-state index contributed by atoms with van der Waals surface area (Å²) in [4.78, 5) is 14.0. The second kappa shape index (κ2) is 5.74. The maximum Gasteiger partial charge on any atom is 0.140 e. The van der Waals surface area contributed by atoms with Gasteiger partial charge >= 0.3 is 0 Å². The van der Waals surface area contributed by atoms with Gasteiger partial charge in [-0.1, -0.05) is 23.7 Å². The van der Waals surface area contributed by atoms with Crippen molar-refractivity contribution in [2.45, 2.75) is 0 Å². The highest BCUT2D eigenvalue weighted by Gasteiger charge is 2.11. The van der Waals surface area contributed by atoms with Gasteiger partial charge in [0, 0.05) is 36.1 Å². The summed E-state index contributed by atoms with van der Waals surface area (Å²) in [6.45, 7) is 0. The van der Waals surface area contributed by atoms with Crippen molar-refractivity contribution in [2.24, 2.45) is 4.99 Å². The molecule has 0 saturated heterocycles. The molecule has 23 heavy (non-hydrogen) atoms. The minimum absolute atomic E-state index is 0.659. The van der Waals surface area contributed by atoms with Crippen LogP contribution in [0.3, 0.4) is 0 Å². The molecule has 0 bridgehead atoms. The average Bonchev–Trinajstić information content (AvgIpc) is 2.81. The van der Waals surface area contributed by atoms with Crippen LogP contribution in [-0.4, -0.2) is 16.2 Å². The van der Waals surface area contributed by atoms with Crippen molar-refractivity contribution in [1.29, 1.82) is 0 Å². The highest BCUT2D eigenvalue weighted by molar-refractivity contribution is 6.33. The van der Waals surface area contributed by atoms with E-state index in [0.29, 0.717) is 5.02 Å². The van der Waals surface area contributed by atoms with Crippen LogP contribution in [0.5, 0.6) is 0 Å². The predicted molar refractivity (Wildman–Crippen MR) is 95.8 cm³/mol. The van der Waals surface area contributed by atoms with E-state index in [-0.39, 0.29) is 0 Å². The molecular formula is C18H13ClN4. The van der Waals surface area contributed by atoms with Crippen molar-refractivity contribution in [3.8, 4) is 11.4 Å². The van der Waals surface area contributed by atoms with Crippen LogP contribution in [0.1, 0.15) is 0 Å². The smallest absolute Gasteiger partial charge is 0.140 e. The molecule has 1 aromatic heterocycles. The third-order valence-corrected chi connectivity index (χ3v) is 3.95. The second-order valence-corrected chi connectivity index (χ2v) is 5.52. The third kappa shape index (κ3) is 2.64. The molecule has 0 unspecified atom stereocenters. The zero-order valence-electron chi connectivity index (χ0n) is 12.1. The van der Waals surface area contributed by atoms with Crippen LogP contribution in [0.25, 0.3) is 22.4 Å². The van der Waals surface area contributed by atoms with Crippen LogP contribution in [0.4, 0.5) is 5.69 Å². The van der Waals surface area contributed by atoms with Crippen LogP contribution in [0.2, 0.25) is 5.02 Å². The van der Waals surface area contributed by atoms with E-state index in [4.69, 9.17) is 11.6 Å². The topological polar surface area (TPSA) is 44.3 Å². The van der Waals surface area contributed by atoms with Crippen LogP contribution < -0.4 is 4.90 Å². The van der Waals surface area contributed by atoms with Crippen molar-refractivity contribution < 1.29 is 0 Å². The number of benzene rings is 2. The molecule has 0 amide bonds. The van der Waals surface area contributed by atoms with Crippen molar-refractivity contribution >= 4 is 34.5 Å². The largest absolute Gasteiger partial charge is 0.338 e. The summed E-state index contributed by atoms with van der Waals surface area (Å²) in [5.41, 5.74) is 3.77. The highest BCUT2D eigenvalue weighted by Crippen LogP contribution is 2.32. The number of hydrogen-bond acceptors (Lipinski definition) is 3. The Balaban J connectivity index is 1.80. The Labute approximate surface area is 138 Å². The number of allylic oxidation sites excluding steroid dienone is 1. The number of aliphatic imine (C=N–C) groups is 1. The zero-order chi connectivity index (χ0) is 15.6. The van der Waals surface area contributed by atoms with Crippen molar-refractivity contribution in [2.75, 3.05) is 4.90 Å². The van der Waals surface area contributed by atoms with E-state index in [1.54, 1.807) is 12.4 Å². The van der Waals surface area contributed by atoms with Gasteiger partial charge in [-0.25, -0.2) is 4.98 Å². The van der Waals surface area contributed by atoms with Crippen molar-refractivity contribution in [3.05, 3.63) is 72.2 Å². The number of hydrogen-bond donors (Lipinski definition) is 1. The fraction of sp³-hybridized carbons (Fsp3) is 0. The number of H-pyrrole nitrogens is 1. The number of nitrogens with zero attached hydrogens (tertiary/aromatic N) is 3. The standard InChI is InChI=1S/C18H13ClN4/c19-15-7-6-13(23-10-3-8-20-9-11-23)12-14(15)18-21-16-4-1-2-5-17(16)22-18/h1-12H,(H,21,22). The number of rotatable bonds is 2. The van der Waals surface area contributed by atoms with Gasteiger partial charge in [-0.05, 0) is 36.4 Å². The summed E-state index contributed by atoms with van der Waals surface area (Å²) in [6.07, 6.45) is 9.21. The lowest BCUT2D eigenvalue weighted by atomic mass is 10.2. The van der Waals surface area contributed by atoms with Crippen LogP contribution >= 0.6 is 11.6 Å². The van der Waals surface area contributed by atoms with E-state index < -0.39 is 0 Å². The number of fused-ring (bicyclic) bond motifs is 1. The number of anilines is 1. The molecule has 4 rings (SSSR count). The first-order valence-corrected chi connectivity index (χ1v) is 7.59. The first-order valence-electron chi connectivity index (χ1n) is 7.21. The van der Waals surface area contributed by atoms with E-state index in [0.717, 1.165) is 28.1 Å². The second-order valence-electron chi connectivity index (χ2n) is 5.11. The normalized spacial score (nSPS) is 13.7. The number of halogens is 1. The number of aromatic nitrogens is 2. The fourth-order valence-electron chi connectivity index (χ4n) is 2.50. The van der Waals surface area contributed by atoms with E-state index in [2.05, 4.69) is 15.0 Å². The quantitative estimate of drug-likeness (QED) is 0.740. The van der Waals surface area contributed by atoms with Gasteiger partial charge in [0.2, 0.25) is 0 Å². The summed E-state index contributed by atoms with van der Waals surface area (Å²) in [5, 5.41) is 0.659. The molecule has 0 fully saturated rings. The third-order valence-electron chi connectivity index (χ3n) is 3.62. The zero-order valence-corrected chi connectivity index (χ0v) is 12.9. The van der Waals surface area contributed by atoms with E-state index in [1.165, 1.54) is 0 Å². The number of aromatic amines is 1. The van der Waals surface area contributed by atoms with E-state index >= 15 is 0 Å². The Kier molecular flexibility index (Phi) is 3.44. The summed E-state index contributed by atoms with van der Waals surface area (Å²) in [6, 6.07) is 13.8. The summed E-state index contributed by atoms with van der Waals surface area (Å²) < 4.78 is 0. The Hall–Kier alpha value is -2.85. The maximum atomic E-state index is 6.39. The molecule has 2 heterocycles. The summed E-state index contributed by atoms with van der Waals surface area (Å²) in [7, 11) is 0. The lowest BCUT2D eigenvalue weighted by Crippen LogP contribution is -2.06. The number of nitrogens with one attached hydrogen (secondary N) is 1. The minimum atomic E-state index is 0.659. The Morgan fingerprint density at radius 1 is 1.04 bits per heavy atom. The van der Waals surface area contributed by atoms with Gasteiger partial charge in [0.15, 0.2) is 0 Å². The lowest BCUT2D eigenvalue weighted by Gasteiger charge is -2.16. The Morgan fingerprint density at radius 3 is 2.87 bits per heavy atom. The van der Waals surface area contributed by atoms with Crippen LogP contribution in [0.15, 0.2) is 72.1 Å². The van der Waals surface area contributed by atoms with Crippen LogP contribution in [0, 0.1) is 0 Å². The van der Waals surface area contributed by atoms with Gasteiger partial charge < -0.3 is 9.88 Å². The molecule has 1 aliphatic rings.